The second kappa shape index (κ2) is 7.16. The summed E-state index contributed by atoms with van der Waals surface area (Å²) in [5.74, 6) is 0. The lowest BCUT2D eigenvalue weighted by Gasteiger charge is -2.16. The molecule has 0 bridgehead atoms. The molecule has 1 atom stereocenters. The smallest absolute Gasteiger partial charge is 0.171 e. The molecule has 0 saturated heterocycles. The molecule has 0 amide bonds. The first kappa shape index (κ1) is 14.7. The van der Waals surface area contributed by atoms with Crippen LogP contribution in [-0.4, -0.2) is 24.9 Å². The summed E-state index contributed by atoms with van der Waals surface area (Å²) in [6.45, 7) is 2.60. The largest absolute Gasteiger partial charge is 0.383 e. The quantitative estimate of drug-likeness (QED) is 0.825. The molecule has 3 nitrogen and oxygen atoms in total. The standard InChI is InChI=1S/C11H14BrClN2OS/c1-7(6-16-2)14-11(17)15-8-3-4-10(13)9(12)5-8/h3-5,7H,6H2,1-2H3,(H2,14,15,17). The Kier molecular flexibility index (Phi) is 6.19. The van der Waals surface area contributed by atoms with Crippen LogP contribution in [0.25, 0.3) is 0 Å². The zero-order valence-corrected chi connectivity index (χ0v) is 12.7. The monoisotopic (exact) mass is 336 g/mol. The van der Waals surface area contributed by atoms with Crippen LogP contribution in [0.1, 0.15) is 6.92 Å². The van der Waals surface area contributed by atoms with E-state index in [0.717, 1.165) is 10.2 Å². The van der Waals surface area contributed by atoms with E-state index in [1.165, 1.54) is 0 Å². The maximum Gasteiger partial charge on any atom is 0.171 e. The first-order valence-electron chi connectivity index (χ1n) is 5.04. The summed E-state index contributed by atoms with van der Waals surface area (Å²) in [7, 11) is 1.66. The highest BCUT2D eigenvalue weighted by Crippen LogP contribution is 2.25. The second-order valence-corrected chi connectivity index (χ2v) is 5.25. The van der Waals surface area contributed by atoms with Gasteiger partial charge in [0, 0.05) is 23.3 Å². The maximum atomic E-state index is 5.90. The lowest BCUT2D eigenvalue weighted by Crippen LogP contribution is -2.38. The van der Waals surface area contributed by atoms with Crippen LogP contribution in [-0.2, 0) is 4.74 Å². The topological polar surface area (TPSA) is 33.3 Å². The average Bonchev–Trinajstić information content (AvgIpc) is 2.23. The zero-order valence-electron chi connectivity index (χ0n) is 9.59. The number of halogens is 2. The molecule has 0 radical (unpaired) electrons. The molecule has 1 aromatic carbocycles. The predicted octanol–water partition coefficient (Wildman–Crippen LogP) is 3.42. The summed E-state index contributed by atoms with van der Waals surface area (Å²) < 4.78 is 5.85. The van der Waals surface area contributed by atoms with Gasteiger partial charge in [0.15, 0.2) is 5.11 Å². The van der Waals surface area contributed by atoms with Crippen LogP contribution in [0.2, 0.25) is 5.02 Å². The number of methoxy groups -OCH3 is 1. The van der Waals surface area contributed by atoms with Crippen LogP contribution >= 0.6 is 39.7 Å². The number of nitrogens with one attached hydrogen (secondary N) is 2. The van der Waals surface area contributed by atoms with E-state index in [2.05, 4.69) is 26.6 Å². The number of benzene rings is 1. The van der Waals surface area contributed by atoms with Gasteiger partial charge in [0.25, 0.3) is 0 Å². The van der Waals surface area contributed by atoms with Crippen LogP contribution in [0.4, 0.5) is 5.69 Å². The summed E-state index contributed by atoms with van der Waals surface area (Å²) in [6.07, 6.45) is 0. The first-order valence-corrected chi connectivity index (χ1v) is 6.62. The minimum absolute atomic E-state index is 0.163. The molecule has 0 spiro atoms. The van der Waals surface area contributed by atoms with Gasteiger partial charge in [-0.15, -0.1) is 0 Å². The maximum absolute atomic E-state index is 5.90. The van der Waals surface area contributed by atoms with Gasteiger partial charge in [-0.2, -0.15) is 0 Å². The van der Waals surface area contributed by atoms with Gasteiger partial charge < -0.3 is 15.4 Å². The first-order chi connectivity index (χ1) is 8.02. The minimum Gasteiger partial charge on any atom is -0.383 e. The molecular weight excluding hydrogens is 324 g/mol. The van der Waals surface area contributed by atoms with Crippen LogP contribution in [0.5, 0.6) is 0 Å². The number of anilines is 1. The van der Waals surface area contributed by atoms with Crippen molar-refractivity contribution in [3.63, 3.8) is 0 Å². The summed E-state index contributed by atoms with van der Waals surface area (Å²) in [6, 6.07) is 5.70. The SMILES string of the molecule is COCC(C)NC(=S)Nc1ccc(Cl)c(Br)c1. The summed E-state index contributed by atoms with van der Waals surface area (Å²) in [5, 5.41) is 7.41. The average molecular weight is 338 g/mol. The van der Waals surface area contributed by atoms with Gasteiger partial charge in [-0.25, -0.2) is 0 Å². The van der Waals surface area contributed by atoms with Crippen LogP contribution < -0.4 is 10.6 Å². The molecule has 1 aromatic rings. The van der Waals surface area contributed by atoms with Crippen molar-refractivity contribution in [1.29, 1.82) is 0 Å². The third kappa shape index (κ3) is 5.21. The Labute approximate surface area is 120 Å². The third-order valence-electron chi connectivity index (χ3n) is 1.97. The molecule has 0 saturated carbocycles. The van der Waals surface area contributed by atoms with Crippen molar-refractivity contribution in [2.24, 2.45) is 0 Å². The van der Waals surface area contributed by atoms with Crippen molar-refractivity contribution in [3.05, 3.63) is 27.7 Å². The van der Waals surface area contributed by atoms with Crippen molar-refractivity contribution < 1.29 is 4.74 Å². The molecule has 2 N–H and O–H groups in total. The van der Waals surface area contributed by atoms with Gasteiger partial charge >= 0.3 is 0 Å². The number of thiocarbonyl (C=S) groups is 1. The van der Waals surface area contributed by atoms with E-state index >= 15 is 0 Å². The molecule has 0 aliphatic carbocycles. The number of hydrogen-bond donors (Lipinski definition) is 2. The van der Waals surface area contributed by atoms with Crippen molar-refractivity contribution in [2.75, 3.05) is 19.0 Å². The fourth-order valence-corrected chi connectivity index (χ4v) is 2.07. The molecule has 6 heteroatoms. The minimum atomic E-state index is 0.163. The molecule has 0 aromatic heterocycles. The van der Waals surface area contributed by atoms with Crippen LogP contribution in [0.15, 0.2) is 22.7 Å². The van der Waals surface area contributed by atoms with E-state index in [1.807, 2.05) is 19.1 Å². The van der Waals surface area contributed by atoms with E-state index in [4.69, 9.17) is 28.6 Å². The van der Waals surface area contributed by atoms with E-state index in [1.54, 1.807) is 13.2 Å². The molecule has 1 rings (SSSR count). The molecule has 0 aliphatic heterocycles. The number of ether oxygens (including phenoxy) is 1. The Morgan fingerprint density at radius 1 is 1.59 bits per heavy atom. The molecular formula is C11H14BrClN2OS. The molecule has 0 heterocycles. The van der Waals surface area contributed by atoms with Gasteiger partial charge in [0.1, 0.15) is 0 Å². The second-order valence-electron chi connectivity index (χ2n) is 3.58. The normalized spacial score (nSPS) is 12.0. The highest BCUT2D eigenvalue weighted by atomic mass is 79.9. The molecule has 0 aliphatic rings. The highest BCUT2D eigenvalue weighted by molar-refractivity contribution is 9.10. The lowest BCUT2D eigenvalue weighted by molar-refractivity contribution is 0.179. The van der Waals surface area contributed by atoms with Crippen LogP contribution in [0.3, 0.4) is 0 Å². The van der Waals surface area contributed by atoms with Gasteiger partial charge in [-0.05, 0) is 53.3 Å². The van der Waals surface area contributed by atoms with E-state index in [9.17, 15) is 0 Å². The van der Waals surface area contributed by atoms with Crippen molar-refractivity contribution in [3.8, 4) is 0 Å². The molecule has 1 unspecified atom stereocenters. The van der Waals surface area contributed by atoms with E-state index in [0.29, 0.717) is 16.7 Å². The summed E-state index contributed by atoms with van der Waals surface area (Å²) in [5.41, 5.74) is 0.878. The van der Waals surface area contributed by atoms with Crippen molar-refractivity contribution in [1.82, 2.24) is 5.32 Å². The fourth-order valence-electron chi connectivity index (χ4n) is 1.26. The Morgan fingerprint density at radius 2 is 2.29 bits per heavy atom. The van der Waals surface area contributed by atoms with E-state index < -0.39 is 0 Å². The number of rotatable bonds is 4. The molecule has 94 valence electrons. The zero-order chi connectivity index (χ0) is 12.8. The molecule has 0 fully saturated rings. The highest BCUT2D eigenvalue weighted by Gasteiger charge is 2.04. The fraction of sp³-hybridized carbons (Fsp3) is 0.364. The van der Waals surface area contributed by atoms with Crippen molar-refractivity contribution in [2.45, 2.75) is 13.0 Å². The summed E-state index contributed by atoms with van der Waals surface area (Å²) >= 11 is 14.4. The number of hydrogen-bond acceptors (Lipinski definition) is 2. The Morgan fingerprint density at radius 3 is 2.88 bits per heavy atom. The van der Waals surface area contributed by atoms with E-state index in [-0.39, 0.29) is 6.04 Å². The third-order valence-corrected chi connectivity index (χ3v) is 3.41. The Balaban J connectivity index is 2.53. The van der Waals surface area contributed by atoms with Gasteiger partial charge in [0.05, 0.1) is 11.6 Å². The Bertz CT molecular complexity index is 403. The van der Waals surface area contributed by atoms with Crippen LogP contribution in [0, 0.1) is 0 Å². The molecule has 17 heavy (non-hydrogen) atoms. The van der Waals surface area contributed by atoms with Crippen molar-refractivity contribution >= 4 is 50.5 Å². The lowest BCUT2D eigenvalue weighted by atomic mass is 10.3. The Hall–Kier alpha value is -0.360. The van der Waals surface area contributed by atoms with Gasteiger partial charge in [-0.3, -0.25) is 0 Å². The van der Waals surface area contributed by atoms with Gasteiger partial charge in [0.2, 0.25) is 0 Å². The summed E-state index contributed by atoms with van der Waals surface area (Å²) in [4.78, 5) is 0. The predicted molar refractivity (Wildman–Crippen MR) is 79.8 cm³/mol. The van der Waals surface area contributed by atoms with Gasteiger partial charge in [-0.1, -0.05) is 11.6 Å².